The fourth-order valence-corrected chi connectivity index (χ4v) is 4.98. The van der Waals surface area contributed by atoms with Crippen LogP contribution in [0.25, 0.3) is 0 Å². The van der Waals surface area contributed by atoms with Crippen LogP contribution in [0.4, 0.5) is 0 Å². The molecule has 5 unspecified atom stereocenters. The molecule has 5 atom stereocenters. The molecule has 2 fully saturated rings. The summed E-state index contributed by atoms with van der Waals surface area (Å²) in [5, 5.41) is 0. The van der Waals surface area contributed by atoms with Gasteiger partial charge in [-0.3, -0.25) is 0 Å². The SMILES string of the molecule is C=CC1C(C)CC12CC(CC)C2C(C)C. The van der Waals surface area contributed by atoms with E-state index in [-0.39, 0.29) is 0 Å². The Labute approximate surface area is 95.1 Å². The molecule has 15 heavy (non-hydrogen) atoms. The van der Waals surface area contributed by atoms with Gasteiger partial charge in [0.05, 0.1) is 0 Å². The van der Waals surface area contributed by atoms with Crippen LogP contribution in [-0.4, -0.2) is 0 Å². The first-order valence-electron chi connectivity index (χ1n) is 6.69. The van der Waals surface area contributed by atoms with Gasteiger partial charge in [0.1, 0.15) is 0 Å². The zero-order valence-corrected chi connectivity index (χ0v) is 10.8. The summed E-state index contributed by atoms with van der Waals surface area (Å²) >= 11 is 0. The van der Waals surface area contributed by atoms with E-state index in [1.807, 2.05) is 0 Å². The molecular weight excluding hydrogens is 180 g/mol. The Morgan fingerprint density at radius 1 is 1.40 bits per heavy atom. The second-order valence-corrected chi connectivity index (χ2v) is 6.32. The normalized spacial score (nSPS) is 48.9. The molecule has 1 spiro atoms. The predicted octanol–water partition coefficient (Wildman–Crippen LogP) is 4.52. The first kappa shape index (κ1) is 11.2. The lowest BCUT2D eigenvalue weighted by Gasteiger charge is -2.69. The van der Waals surface area contributed by atoms with E-state index in [9.17, 15) is 0 Å². The zero-order valence-electron chi connectivity index (χ0n) is 10.8. The molecule has 2 aliphatic rings. The molecule has 0 radical (unpaired) electrons. The van der Waals surface area contributed by atoms with Gasteiger partial charge < -0.3 is 0 Å². The van der Waals surface area contributed by atoms with Crippen molar-refractivity contribution >= 4 is 0 Å². The van der Waals surface area contributed by atoms with Crippen LogP contribution < -0.4 is 0 Å². The molecule has 2 aliphatic carbocycles. The highest BCUT2D eigenvalue weighted by Crippen LogP contribution is 2.70. The molecule has 2 saturated carbocycles. The average Bonchev–Trinajstić information content (AvgIpc) is 2.10. The largest absolute Gasteiger partial charge is 0.103 e. The maximum atomic E-state index is 4.06. The Hall–Kier alpha value is -0.260. The minimum atomic E-state index is 0.677. The molecule has 0 aliphatic heterocycles. The molecule has 0 heteroatoms. The molecule has 86 valence electrons. The number of rotatable bonds is 3. The average molecular weight is 206 g/mol. The summed E-state index contributed by atoms with van der Waals surface area (Å²) in [4.78, 5) is 0. The fraction of sp³-hybridized carbons (Fsp3) is 0.867. The van der Waals surface area contributed by atoms with Crippen LogP contribution in [0, 0.1) is 35.0 Å². The van der Waals surface area contributed by atoms with Gasteiger partial charge in [0.2, 0.25) is 0 Å². The lowest BCUT2D eigenvalue weighted by Crippen LogP contribution is -2.62. The van der Waals surface area contributed by atoms with Crippen LogP contribution in [0.5, 0.6) is 0 Å². The molecule has 0 nitrogen and oxygen atoms in total. The molecule has 0 bridgehead atoms. The molecule has 0 aromatic carbocycles. The Kier molecular flexibility index (Phi) is 2.73. The van der Waals surface area contributed by atoms with E-state index in [0.717, 1.165) is 29.6 Å². The van der Waals surface area contributed by atoms with Gasteiger partial charge in [-0.1, -0.05) is 40.2 Å². The Balaban J connectivity index is 2.14. The molecule has 0 amide bonds. The van der Waals surface area contributed by atoms with E-state index in [1.165, 1.54) is 19.3 Å². The Morgan fingerprint density at radius 2 is 2.07 bits per heavy atom. The quantitative estimate of drug-likeness (QED) is 0.596. The van der Waals surface area contributed by atoms with Gasteiger partial charge in [-0.05, 0) is 47.8 Å². The highest BCUT2D eigenvalue weighted by molar-refractivity contribution is 5.16. The maximum Gasteiger partial charge on any atom is -0.0151 e. The van der Waals surface area contributed by atoms with Crippen LogP contribution >= 0.6 is 0 Å². The van der Waals surface area contributed by atoms with E-state index < -0.39 is 0 Å². The topological polar surface area (TPSA) is 0 Å². The summed E-state index contributed by atoms with van der Waals surface area (Å²) in [5.41, 5.74) is 0.677. The third kappa shape index (κ3) is 1.33. The first-order valence-corrected chi connectivity index (χ1v) is 6.69. The standard InChI is InChI=1S/C15H26/c1-6-12-9-15(14(12)10(3)4)8-11(5)13(15)7-2/h7,10-14H,2,6,8-9H2,1,3-5H3. The van der Waals surface area contributed by atoms with E-state index in [4.69, 9.17) is 0 Å². The van der Waals surface area contributed by atoms with E-state index in [0.29, 0.717) is 5.41 Å². The van der Waals surface area contributed by atoms with Crippen molar-refractivity contribution in [1.82, 2.24) is 0 Å². The van der Waals surface area contributed by atoms with E-state index in [1.54, 1.807) is 0 Å². The maximum absolute atomic E-state index is 4.06. The van der Waals surface area contributed by atoms with E-state index in [2.05, 4.69) is 40.3 Å². The van der Waals surface area contributed by atoms with Crippen molar-refractivity contribution in [2.45, 2.75) is 47.0 Å². The van der Waals surface area contributed by atoms with Gasteiger partial charge in [-0.2, -0.15) is 0 Å². The minimum Gasteiger partial charge on any atom is -0.103 e. The molecule has 0 aromatic rings. The summed E-state index contributed by atoms with van der Waals surface area (Å²) in [6.07, 6.45) is 6.56. The molecule has 0 aromatic heterocycles. The van der Waals surface area contributed by atoms with Gasteiger partial charge in [0.15, 0.2) is 0 Å². The summed E-state index contributed by atoms with van der Waals surface area (Å²) in [6, 6.07) is 0. The summed E-state index contributed by atoms with van der Waals surface area (Å²) in [6.45, 7) is 13.6. The summed E-state index contributed by atoms with van der Waals surface area (Å²) in [7, 11) is 0. The van der Waals surface area contributed by atoms with Crippen LogP contribution in [0.1, 0.15) is 47.0 Å². The van der Waals surface area contributed by atoms with Crippen molar-refractivity contribution in [3.05, 3.63) is 12.7 Å². The van der Waals surface area contributed by atoms with Gasteiger partial charge in [-0.25, -0.2) is 0 Å². The fourth-order valence-electron chi connectivity index (χ4n) is 4.98. The van der Waals surface area contributed by atoms with Crippen LogP contribution in [0.2, 0.25) is 0 Å². The van der Waals surface area contributed by atoms with E-state index >= 15 is 0 Å². The van der Waals surface area contributed by atoms with Crippen molar-refractivity contribution in [2.24, 2.45) is 35.0 Å². The predicted molar refractivity (Wildman–Crippen MR) is 66.6 cm³/mol. The van der Waals surface area contributed by atoms with Crippen molar-refractivity contribution in [3.63, 3.8) is 0 Å². The molecule has 0 heterocycles. The highest BCUT2D eigenvalue weighted by atomic mass is 14.7. The van der Waals surface area contributed by atoms with Crippen molar-refractivity contribution < 1.29 is 0 Å². The van der Waals surface area contributed by atoms with Crippen LogP contribution in [0.15, 0.2) is 12.7 Å². The monoisotopic (exact) mass is 206 g/mol. The zero-order chi connectivity index (χ0) is 11.2. The summed E-state index contributed by atoms with van der Waals surface area (Å²) < 4.78 is 0. The van der Waals surface area contributed by atoms with Gasteiger partial charge in [-0.15, -0.1) is 6.58 Å². The minimum absolute atomic E-state index is 0.677. The van der Waals surface area contributed by atoms with Crippen LogP contribution in [0.3, 0.4) is 0 Å². The number of allylic oxidation sites excluding steroid dienone is 1. The van der Waals surface area contributed by atoms with Crippen molar-refractivity contribution in [1.29, 1.82) is 0 Å². The second-order valence-electron chi connectivity index (χ2n) is 6.32. The third-order valence-corrected chi connectivity index (χ3v) is 5.29. The molecular formula is C15H26. The lowest BCUT2D eigenvalue weighted by atomic mass is 9.36. The number of hydrogen-bond acceptors (Lipinski definition) is 0. The third-order valence-electron chi connectivity index (χ3n) is 5.29. The van der Waals surface area contributed by atoms with Gasteiger partial charge >= 0.3 is 0 Å². The number of hydrogen-bond donors (Lipinski definition) is 0. The van der Waals surface area contributed by atoms with Gasteiger partial charge in [0.25, 0.3) is 0 Å². The van der Waals surface area contributed by atoms with Gasteiger partial charge in [0, 0.05) is 0 Å². The Bertz CT molecular complexity index is 253. The lowest BCUT2D eigenvalue weighted by molar-refractivity contribution is -0.188. The summed E-state index contributed by atoms with van der Waals surface area (Å²) in [5.74, 6) is 4.54. The molecule has 2 rings (SSSR count). The molecule has 0 saturated heterocycles. The molecule has 0 N–H and O–H groups in total. The second kappa shape index (κ2) is 3.64. The smallest absolute Gasteiger partial charge is 0.0151 e. The first-order chi connectivity index (χ1) is 7.06. The van der Waals surface area contributed by atoms with Crippen molar-refractivity contribution in [2.75, 3.05) is 0 Å². The van der Waals surface area contributed by atoms with Crippen LogP contribution in [-0.2, 0) is 0 Å². The highest BCUT2D eigenvalue weighted by Gasteiger charge is 2.63. The van der Waals surface area contributed by atoms with Crippen molar-refractivity contribution in [3.8, 4) is 0 Å². The Morgan fingerprint density at radius 3 is 2.47 bits per heavy atom.